The van der Waals surface area contributed by atoms with Gasteiger partial charge in [-0.2, -0.15) is 0 Å². The number of nitrogens with one attached hydrogen (secondary N) is 1. The Morgan fingerprint density at radius 1 is 1.32 bits per heavy atom. The van der Waals surface area contributed by atoms with Gasteiger partial charge in [0.25, 0.3) is 5.91 Å². The highest BCUT2D eigenvalue weighted by atomic mass is 16.4. The molecule has 19 heavy (non-hydrogen) atoms. The first kappa shape index (κ1) is 13.0. The molecular formula is C12H13N3O4. The number of carboxylic acids is 1. The average Bonchev–Trinajstić information content (AvgIpc) is 2.63. The molecule has 0 spiro atoms. The average molecular weight is 263 g/mol. The Balaban J connectivity index is 2.10. The molecule has 0 atom stereocenters. The molecule has 2 N–H and O–H groups in total. The minimum absolute atomic E-state index is 0.0744. The van der Waals surface area contributed by atoms with E-state index in [1.165, 1.54) is 18.3 Å². The predicted octanol–water partition coefficient (Wildman–Crippen LogP) is -0.258. The van der Waals surface area contributed by atoms with Gasteiger partial charge in [0, 0.05) is 32.3 Å². The van der Waals surface area contributed by atoms with E-state index in [9.17, 15) is 14.4 Å². The van der Waals surface area contributed by atoms with Crippen LogP contribution in [0.25, 0.3) is 0 Å². The van der Waals surface area contributed by atoms with Gasteiger partial charge in [0.2, 0.25) is 5.91 Å². The molecular weight excluding hydrogens is 250 g/mol. The van der Waals surface area contributed by atoms with Crippen molar-refractivity contribution in [2.45, 2.75) is 6.42 Å². The van der Waals surface area contributed by atoms with Gasteiger partial charge in [0.05, 0.1) is 5.56 Å². The molecule has 100 valence electrons. The first-order valence-corrected chi connectivity index (χ1v) is 5.83. The van der Waals surface area contributed by atoms with Crippen LogP contribution < -0.4 is 5.32 Å². The number of nitrogens with zero attached hydrogens (tertiary/aromatic N) is 2. The van der Waals surface area contributed by atoms with Gasteiger partial charge in [-0.1, -0.05) is 0 Å². The van der Waals surface area contributed by atoms with E-state index in [0.29, 0.717) is 25.2 Å². The van der Waals surface area contributed by atoms with Crippen molar-refractivity contribution in [3.8, 4) is 0 Å². The molecule has 1 saturated heterocycles. The molecule has 1 aromatic heterocycles. The van der Waals surface area contributed by atoms with Crippen LogP contribution in [-0.2, 0) is 4.79 Å². The Bertz CT molecular complexity index is 512. The zero-order chi connectivity index (χ0) is 13.8. The second kappa shape index (κ2) is 5.47. The van der Waals surface area contributed by atoms with Crippen molar-refractivity contribution in [3.05, 3.63) is 29.6 Å². The zero-order valence-electron chi connectivity index (χ0n) is 10.1. The topological polar surface area (TPSA) is 99.6 Å². The van der Waals surface area contributed by atoms with E-state index >= 15 is 0 Å². The molecule has 2 heterocycles. The van der Waals surface area contributed by atoms with Gasteiger partial charge in [-0.25, -0.2) is 9.78 Å². The molecule has 0 aliphatic carbocycles. The fourth-order valence-corrected chi connectivity index (χ4v) is 1.80. The molecule has 0 saturated carbocycles. The third-order valence-corrected chi connectivity index (χ3v) is 2.83. The van der Waals surface area contributed by atoms with Crippen LogP contribution in [0.1, 0.15) is 27.3 Å². The molecule has 0 aromatic carbocycles. The summed E-state index contributed by atoms with van der Waals surface area (Å²) in [6.07, 6.45) is 1.51. The number of amides is 2. The highest BCUT2D eigenvalue weighted by Crippen LogP contribution is 2.07. The molecule has 1 aliphatic rings. The maximum absolute atomic E-state index is 12.1. The van der Waals surface area contributed by atoms with Crippen LogP contribution in [0.4, 0.5) is 0 Å². The fraction of sp³-hybridized carbons (Fsp3) is 0.333. The van der Waals surface area contributed by atoms with E-state index in [2.05, 4.69) is 10.3 Å². The smallest absolute Gasteiger partial charge is 0.354 e. The Morgan fingerprint density at radius 2 is 2.11 bits per heavy atom. The number of aromatic nitrogens is 1. The van der Waals surface area contributed by atoms with Crippen LogP contribution in [-0.4, -0.2) is 52.4 Å². The number of carbonyl (C=O) groups is 3. The highest BCUT2D eigenvalue weighted by Gasteiger charge is 2.20. The lowest BCUT2D eigenvalue weighted by Gasteiger charge is -2.19. The summed E-state index contributed by atoms with van der Waals surface area (Å²) in [6, 6.07) is 2.72. The second-order valence-electron chi connectivity index (χ2n) is 4.13. The lowest BCUT2D eigenvalue weighted by Crippen LogP contribution is -2.34. The van der Waals surface area contributed by atoms with Crippen molar-refractivity contribution in [2.75, 3.05) is 19.6 Å². The van der Waals surface area contributed by atoms with Crippen LogP contribution in [0.5, 0.6) is 0 Å². The van der Waals surface area contributed by atoms with Crippen LogP contribution >= 0.6 is 0 Å². The van der Waals surface area contributed by atoms with Crippen molar-refractivity contribution < 1.29 is 19.5 Å². The summed E-state index contributed by atoms with van der Waals surface area (Å²) in [5, 5.41) is 11.4. The molecule has 2 rings (SSSR count). The van der Waals surface area contributed by atoms with Crippen molar-refractivity contribution >= 4 is 17.8 Å². The van der Waals surface area contributed by atoms with Crippen LogP contribution in [0.2, 0.25) is 0 Å². The van der Waals surface area contributed by atoms with Gasteiger partial charge in [0.15, 0.2) is 0 Å². The SMILES string of the molecule is O=C1CCN(C(=O)c2ccc(C(=O)O)nc2)CCN1. The lowest BCUT2D eigenvalue weighted by atomic mass is 10.2. The van der Waals surface area contributed by atoms with Gasteiger partial charge < -0.3 is 15.3 Å². The zero-order valence-corrected chi connectivity index (χ0v) is 10.1. The normalized spacial score (nSPS) is 15.6. The molecule has 1 aromatic rings. The van der Waals surface area contributed by atoms with Crippen molar-refractivity contribution in [1.29, 1.82) is 0 Å². The number of pyridine rings is 1. The van der Waals surface area contributed by atoms with Gasteiger partial charge in [-0.3, -0.25) is 9.59 Å². The second-order valence-corrected chi connectivity index (χ2v) is 4.13. The summed E-state index contributed by atoms with van der Waals surface area (Å²) < 4.78 is 0. The van der Waals surface area contributed by atoms with E-state index < -0.39 is 5.97 Å². The number of carbonyl (C=O) groups excluding carboxylic acids is 2. The Kier molecular flexibility index (Phi) is 3.74. The number of rotatable bonds is 2. The molecule has 7 nitrogen and oxygen atoms in total. The third-order valence-electron chi connectivity index (χ3n) is 2.83. The first-order valence-electron chi connectivity index (χ1n) is 5.83. The van der Waals surface area contributed by atoms with E-state index in [4.69, 9.17) is 5.11 Å². The quantitative estimate of drug-likeness (QED) is 0.766. The largest absolute Gasteiger partial charge is 0.477 e. The lowest BCUT2D eigenvalue weighted by molar-refractivity contribution is -0.120. The molecule has 2 amide bonds. The fourth-order valence-electron chi connectivity index (χ4n) is 1.80. The van der Waals surface area contributed by atoms with Crippen LogP contribution in [0, 0.1) is 0 Å². The van der Waals surface area contributed by atoms with Gasteiger partial charge >= 0.3 is 5.97 Å². The molecule has 0 radical (unpaired) electrons. The summed E-state index contributed by atoms with van der Waals surface area (Å²) in [5.41, 5.74) is 0.212. The summed E-state index contributed by atoms with van der Waals surface area (Å²) in [4.78, 5) is 39.2. The molecule has 0 bridgehead atoms. The number of carboxylic acid groups (broad SMARTS) is 1. The van der Waals surface area contributed by atoms with Crippen molar-refractivity contribution in [1.82, 2.24) is 15.2 Å². The molecule has 7 heteroatoms. The Morgan fingerprint density at radius 3 is 2.74 bits per heavy atom. The summed E-state index contributed by atoms with van der Waals surface area (Å²) in [5.74, 6) is -1.46. The van der Waals surface area contributed by atoms with E-state index in [1.54, 1.807) is 4.90 Å². The van der Waals surface area contributed by atoms with Crippen molar-refractivity contribution in [2.24, 2.45) is 0 Å². The molecule has 1 fully saturated rings. The van der Waals surface area contributed by atoms with Crippen LogP contribution in [0.3, 0.4) is 0 Å². The maximum atomic E-state index is 12.1. The van der Waals surface area contributed by atoms with E-state index in [1.807, 2.05) is 0 Å². The van der Waals surface area contributed by atoms with Gasteiger partial charge in [-0.15, -0.1) is 0 Å². The van der Waals surface area contributed by atoms with Gasteiger partial charge in [0.1, 0.15) is 5.69 Å². The minimum atomic E-state index is -1.14. The van der Waals surface area contributed by atoms with E-state index in [0.717, 1.165) is 0 Å². The summed E-state index contributed by atoms with van der Waals surface area (Å²) in [6.45, 7) is 1.21. The third kappa shape index (κ3) is 3.06. The van der Waals surface area contributed by atoms with Gasteiger partial charge in [-0.05, 0) is 12.1 Å². The summed E-state index contributed by atoms with van der Waals surface area (Å²) >= 11 is 0. The number of hydrogen-bond donors (Lipinski definition) is 2. The Hall–Kier alpha value is -2.44. The predicted molar refractivity (Wildman–Crippen MR) is 64.7 cm³/mol. The molecule has 1 aliphatic heterocycles. The summed E-state index contributed by atoms with van der Waals surface area (Å²) in [7, 11) is 0. The monoisotopic (exact) mass is 263 g/mol. The maximum Gasteiger partial charge on any atom is 0.354 e. The first-order chi connectivity index (χ1) is 9.08. The Labute approximate surface area is 109 Å². The highest BCUT2D eigenvalue weighted by molar-refractivity contribution is 5.95. The van der Waals surface area contributed by atoms with Crippen LogP contribution in [0.15, 0.2) is 18.3 Å². The standard InChI is InChI=1S/C12H13N3O4/c16-10-3-5-15(6-4-13-10)11(17)8-1-2-9(12(18)19)14-7-8/h1-2,7H,3-6H2,(H,13,16)(H,18,19). The minimum Gasteiger partial charge on any atom is -0.477 e. The van der Waals surface area contributed by atoms with E-state index in [-0.39, 0.29) is 23.9 Å². The number of aromatic carboxylic acids is 1. The van der Waals surface area contributed by atoms with Crippen molar-refractivity contribution in [3.63, 3.8) is 0 Å². The number of hydrogen-bond acceptors (Lipinski definition) is 4. The molecule has 0 unspecified atom stereocenters.